The van der Waals surface area contributed by atoms with Crippen molar-refractivity contribution >= 4 is 60.7 Å². The third-order valence-corrected chi connectivity index (χ3v) is 4.53. The first-order valence-corrected chi connectivity index (χ1v) is 8.52. The first kappa shape index (κ1) is 16.2. The van der Waals surface area contributed by atoms with Gasteiger partial charge in [0.25, 0.3) is 0 Å². The monoisotopic (exact) mass is 435 g/mol. The van der Waals surface area contributed by atoms with Gasteiger partial charge in [-0.2, -0.15) is 0 Å². The molecule has 0 radical (unpaired) electrons. The van der Waals surface area contributed by atoms with Crippen LogP contribution in [0.4, 0.5) is 5.69 Å². The number of anilines is 1. The van der Waals surface area contributed by atoms with E-state index in [1.165, 1.54) is 5.56 Å². The summed E-state index contributed by atoms with van der Waals surface area (Å²) in [5, 5.41) is 4.65. The van der Waals surface area contributed by atoms with Crippen LogP contribution in [0, 0.1) is 0 Å². The number of rotatable bonds is 4. The molecule has 0 saturated carbocycles. The molecule has 0 saturated heterocycles. The Morgan fingerprint density at radius 3 is 2.25 bits per heavy atom. The fourth-order valence-corrected chi connectivity index (χ4v) is 3.73. The lowest BCUT2D eigenvalue weighted by Gasteiger charge is -2.21. The second kappa shape index (κ2) is 7.17. The van der Waals surface area contributed by atoms with Crippen molar-refractivity contribution in [3.05, 3.63) is 61.0 Å². The van der Waals surface area contributed by atoms with E-state index in [2.05, 4.69) is 56.2 Å². The molecule has 5 heteroatoms. The van der Waals surface area contributed by atoms with E-state index in [0.29, 0.717) is 10.0 Å². The molecule has 0 bridgehead atoms. The first-order valence-electron chi connectivity index (χ1n) is 6.17. The minimum atomic E-state index is 0.156. The van der Waals surface area contributed by atoms with Crippen LogP contribution >= 0.6 is 55.1 Å². The van der Waals surface area contributed by atoms with E-state index in [9.17, 15) is 0 Å². The van der Waals surface area contributed by atoms with Crippen LogP contribution in [0.5, 0.6) is 0 Å². The van der Waals surface area contributed by atoms with Gasteiger partial charge in [-0.15, -0.1) is 0 Å². The fraction of sp³-hybridized carbons (Fsp3) is 0.200. The standard InChI is InChI=1S/C15H13Br2Cl2N/c1-2-14(9-4-3-5-10(16)6-9)20-15-12(18)7-11(17)8-13(15)19/h3-8,14,20H,2H2,1H3. The minimum Gasteiger partial charge on any atom is -0.376 e. The van der Waals surface area contributed by atoms with Gasteiger partial charge in [0.2, 0.25) is 0 Å². The predicted octanol–water partition coefficient (Wildman–Crippen LogP) is 7.08. The van der Waals surface area contributed by atoms with Gasteiger partial charge in [0.1, 0.15) is 0 Å². The molecule has 1 unspecified atom stereocenters. The maximum atomic E-state index is 6.27. The quantitative estimate of drug-likeness (QED) is 0.538. The van der Waals surface area contributed by atoms with E-state index in [4.69, 9.17) is 23.2 Å². The molecule has 0 aliphatic rings. The van der Waals surface area contributed by atoms with Crippen molar-refractivity contribution in [2.45, 2.75) is 19.4 Å². The summed E-state index contributed by atoms with van der Waals surface area (Å²) in [6, 6.07) is 12.1. The molecule has 0 amide bonds. The van der Waals surface area contributed by atoms with Crippen LogP contribution in [0.25, 0.3) is 0 Å². The van der Waals surface area contributed by atoms with E-state index in [1.54, 1.807) is 0 Å². The summed E-state index contributed by atoms with van der Waals surface area (Å²) in [6.07, 6.45) is 0.930. The summed E-state index contributed by atoms with van der Waals surface area (Å²) in [4.78, 5) is 0. The molecule has 1 N–H and O–H groups in total. The molecule has 0 fully saturated rings. The number of hydrogen-bond acceptors (Lipinski definition) is 1. The van der Waals surface area contributed by atoms with Crippen molar-refractivity contribution < 1.29 is 0 Å². The Morgan fingerprint density at radius 2 is 1.70 bits per heavy atom. The van der Waals surface area contributed by atoms with Gasteiger partial charge in [0.05, 0.1) is 21.8 Å². The molecule has 20 heavy (non-hydrogen) atoms. The highest BCUT2D eigenvalue weighted by molar-refractivity contribution is 9.10. The maximum Gasteiger partial charge on any atom is 0.0724 e. The van der Waals surface area contributed by atoms with Crippen molar-refractivity contribution in [1.29, 1.82) is 0 Å². The van der Waals surface area contributed by atoms with E-state index in [0.717, 1.165) is 21.1 Å². The maximum absolute atomic E-state index is 6.27. The van der Waals surface area contributed by atoms with Crippen molar-refractivity contribution in [1.82, 2.24) is 0 Å². The van der Waals surface area contributed by atoms with Crippen molar-refractivity contribution in [2.24, 2.45) is 0 Å². The van der Waals surface area contributed by atoms with Crippen molar-refractivity contribution in [3.63, 3.8) is 0 Å². The van der Waals surface area contributed by atoms with Gasteiger partial charge >= 0.3 is 0 Å². The molecule has 2 aromatic rings. The summed E-state index contributed by atoms with van der Waals surface area (Å²) >= 11 is 19.4. The van der Waals surface area contributed by atoms with Crippen LogP contribution in [-0.2, 0) is 0 Å². The SMILES string of the molecule is CCC(Nc1c(Cl)cc(Br)cc1Cl)c1cccc(Br)c1. The highest BCUT2D eigenvalue weighted by Gasteiger charge is 2.14. The van der Waals surface area contributed by atoms with Crippen LogP contribution < -0.4 is 5.32 Å². The molecule has 2 aromatic carbocycles. The van der Waals surface area contributed by atoms with E-state index in [1.807, 2.05) is 24.3 Å². The molecule has 0 aliphatic heterocycles. The second-order valence-corrected chi connectivity index (χ2v) is 7.05. The third kappa shape index (κ3) is 3.91. The molecular formula is C15H13Br2Cl2N. The van der Waals surface area contributed by atoms with Gasteiger partial charge < -0.3 is 5.32 Å². The lowest BCUT2D eigenvalue weighted by atomic mass is 10.0. The Hall–Kier alpha value is -0.220. The Bertz CT molecular complexity index is 594. The van der Waals surface area contributed by atoms with Gasteiger partial charge in [-0.3, -0.25) is 0 Å². The second-order valence-electron chi connectivity index (χ2n) is 4.40. The number of benzene rings is 2. The predicted molar refractivity (Wildman–Crippen MR) is 95.0 cm³/mol. The molecule has 0 aromatic heterocycles. The summed E-state index contributed by atoms with van der Waals surface area (Å²) in [5.41, 5.74) is 1.96. The zero-order valence-corrected chi connectivity index (χ0v) is 15.4. The van der Waals surface area contributed by atoms with E-state index in [-0.39, 0.29) is 6.04 Å². The normalized spacial score (nSPS) is 12.2. The molecule has 1 nitrogen and oxygen atoms in total. The van der Waals surface area contributed by atoms with E-state index >= 15 is 0 Å². The molecule has 0 heterocycles. The first-order chi connectivity index (χ1) is 9.51. The van der Waals surface area contributed by atoms with Gasteiger partial charge in [-0.1, -0.05) is 74.1 Å². The largest absolute Gasteiger partial charge is 0.376 e. The molecule has 2 rings (SSSR count). The molecular weight excluding hydrogens is 425 g/mol. The average molecular weight is 438 g/mol. The van der Waals surface area contributed by atoms with Crippen LogP contribution in [-0.4, -0.2) is 0 Å². The highest BCUT2D eigenvalue weighted by Crippen LogP contribution is 2.36. The Labute approximate surface area is 145 Å². The van der Waals surface area contributed by atoms with Crippen molar-refractivity contribution in [3.8, 4) is 0 Å². The van der Waals surface area contributed by atoms with E-state index < -0.39 is 0 Å². The number of nitrogens with one attached hydrogen (secondary N) is 1. The summed E-state index contributed by atoms with van der Waals surface area (Å²) < 4.78 is 1.93. The molecule has 0 aliphatic carbocycles. The Balaban J connectivity index is 2.32. The minimum absolute atomic E-state index is 0.156. The van der Waals surface area contributed by atoms with Gasteiger partial charge in [0, 0.05) is 8.95 Å². The topological polar surface area (TPSA) is 12.0 Å². The zero-order chi connectivity index (χ0) is 14.7. The molecule has 106 valence electrons. The van der Waals surface area contributed by atoms with Crippen molar-refractivity contribution in [2.75, 3.05) is 5.32 Å². The summed E-state index contributed by atoms with van der Waals surface area (Å²) in [6.45, 7) is 2.12. The van der Waals surface area contributed by atoms with Gasteiger partial charge in [-0.05, 0) is 36.2 Å². The average Bonchev–Trinajstić information content (AvgIpc) is 2.38. The molecule has 1 atom stereocenters. The van der Waals surface area contributed by atoms with Gasteiger partial charge in [-0.25, -0.2) is 0 Å². The number of halogens is 4. The van der Waals surface area contributed by atoms with Crippen LogP contribution in [0.3, 0.4) is 0 Å². The Kier molecular flexibility index (Phi) is 5.79. The molecule has 0 spiro atoms. The smallest absolute Gasteiger partial charge is 0.0724 e. The fourth-order valence-electron chi connectivity index (χ4n) is 2.00. The lowest BCUT2D eigenvalue weighted by Crippen LogP contribution is -2.10. The number of hydrogen-bond donors (Lipinski definition) is 1. The van der Waals surface area contributed by atoms with Crippen LogP contribution in [0.2, 0.25) is 10.0 Å². The highest BCUT2D eigenvalue weighted by atomic mass is 79.9. The Morgan fingerprint density at radius 1 is 1.05 bits per heavy atom. The van der Waals surface area contributed by atoms with Gasteiger partial charge in [0.15, 0.2) is 0 Å². The summed E-state index contributed by atoms with van der Waals surface area (Å²) in [7, 11) is 0. The summed E-state index contributed by atoms with van der Waals surface area (Å²) in [5.74, 6) is 0. The third-order valence-electron chi connectivity index (χ3n) is 2.98. The van der Waals surface area contributed by atoms with Crippen LogP contribution in [0.15, 0.2) is 45.3 Å². The zero-order valence-electron chi connectivity index (χ0n) is 10.8. The van der Waals surface area contributed by atoms with Crippen LogP contribution in [0.1, 0.15) is 24.9 Å². The lowest BCUT2D eigenvalue weighted by molar-refractivity contribution is 0.749.